The number of fused-ring (bicyclic) bond motifs is 1. The molecule has 0 saturated carbocycles. The predicted octanol–water partition coefficient (Wildman–Crippen LogP) is 8.06. The van der Waals surface area contributed by atoms with Crippen LogP contribution in [0.25, 0.3) is 0 Å². The van der Waals surface area contributed by atoms with E-state index in [1.165, 1.54) is 16.0 Å². The van der Waals surface area contributed by atoms with Gasteiger partial charge in [0.1, 0.15) is 18.1 Å². The largest absolute Gasteiger partial charge is 0.497 e. The first-order valence-corrected chi connectivity index (χ1v) is 17.6. The SMILES string of the molecule is COc1ccc(C2(C)CSc3cc(OC)ccc3C2C#CCOCCCCCO[Si](C)(C)C(C)(C)C)cc1. The molecule has 0 aromatic heterocycles. The van der Waals surface area contributed by atoms with E-state index in [4.69, 9.17) is 18.6 Å². The summed E-state index contributed by atoms with van der Waals surface area (Å²) in [5.41, 5.74) is 2.40. The molecular formula is C32H46O4SSi. The van der Waals surface area contributed by atoms with Gasteiger partial charge in [-0.1, -0.05) is 57.7 Å². The number of rotatable bonds is 11. The fourth-order valence-electron chi connectivity index (χ4n) is 4.41. The van der Waals surface area contributed by atoms with Crippen molar-refractivity contribution in [3.8, 4) is 23.3 Å². The van der Waals surface area contributed by atoms with Crippen molar-refractivity contribution in [1.82, 2.24) is 0 Å². The molecule has 0 amide bonds. The average molecular weight is 555 g/mol. The fourth-order valence-corrected chi connectivity index (χ4v) is 6.84. The molecule has 0 saturated heterocycles. The van der Waals surface area contributed by atoms with Gasteiger partial charge < -0.3 is 18.6 Å². The highest BCUT2D eigenvalue weighted by Crippen LogP contribution is 2.50. The Balaban J connectivity index is 1.59. The Labute approximate surface area is 236 Å². The lowest BCUT2D eigenvalue weighted by molar-refractivity contribution is 0.159. The fraction of sp³-hybridized carbons (Fsp3) is 0.562. The van der Waals surface area contributed by atoms with E-state index in [1.807, 2.05) is 30.0 Å². The Kier molecular flexibility index (Phi) is 10.8. The Morgan fingerprint density at radius 2 is 1.61 bits per heavy atom. The van der Waals surface area contributed by atoms with Crippen LogP contribution in [0.4, 0.5) is 0 Å². The molecule has 38 heavy (non-hydrogen) atoms. The first-order chi connectivity index (χ1) is 18.0. The van der Waals surface area contributed by atoms with Crippen LogP contribution in [-0.2, 0) is 14.6 Å². The lowest BCUT2D eigenvalue weighted by Gasteiger charge is -2.40. The first kappa shape index (κ1) is 30.6. The molecule has 2 atom stereocenters. The maximum absolute atomic E-state index is 6.28. The van der Waals surface area contributed by atoms with E-state index in [0.717, 1.165) is 49.7 Å². The van der Waals surface area contributed by atoms with Gasteiger partial charge in [-0.2, -0.15) is 0 Å². The van der Waals surface area contributed by atoms with E-state index >= 15 is 0 Å². The zero-order chi connectivity index (χ0) is 27.8. The molecule has 208 valence electrons. The summed E-state index contributed by atoms with van der Waals surface area (Å²) < 4.78 is 23.1. The van der Waals surface area contributed by atoms with Crippen LogP contribution in [0, 0.1) is 11.8 Å². The van der Waals surface area contributed by atoms with Gasteiger partial charge >= 0.3 is 0 Å². The number of ether oxygens (including phenoxy) is 3. The van der Waals surface area contributed by atoms with Gasteiger partial charge in [0.15, 0.2) is 8.32 Å². The maximum Gasteiger partial charge on any atom is 0.191 e. The second kappa shape index (κ2) is 13.4. The number of hydrogen-bond acceptors (Lipinski definition) is 5. The van der Waals surface area contributed by atoms with E-state index in [2.05, 4.69) is 76.9 Å². The van der Waals surface area contributed by atoms with E-state index < -0.39 is 8.32 Å². The van der Waals surface area contributed by atoms with Gasteiger partial charge in [-0.3, -0.25) is 0 Å². The molecule has 6 heteroatoms. The predicted molar refractivity (Wildman–Crippen MR) is 162 cm³/mol. The zero-order valence-electron chi connectivity index (χ0n) is 24.6. The number of unbranched alkanes of at least 4 members (excludes halogenated alkanes) is 2. The minimum Gasteiger partial charge on any atom is -0.497 e. The lowest BCUT2D eigenvalue weighted by Crippen LogP contribution is -2.40. The van der Waals surface area contributed by atoms with Crippen molar-refractivity contribution in [3.63, 3.8) is 0 Å². The van der Waals surface area contributed by atoms with Gasteiger partial charge in [0.25, 0.3) is 0 Å². The summed E-state index contributed by atoms with van der Waals surface area (Å²) in [6.07, 6.45) is 3.24. The van der Waals surface area contributed by atoms with Crippen LogP contribution in [0.5, 0.6) is 11.5 Å². The van der Waals surface area contributed by atoms with E-state index in [1.54, 1.807) is 14.2 Å². The van der Waals surface area contributed by atoms with Crippen molar-refractivity contribution in [1.29, 1.82) is 0 Å². The van der Waals surface area contributed by atoms with Gasteiger partial charge in [0, 0.05) is 29.3 Å². The number of thioether (sulfide) groups is 1. The minimum atomic E-state index is -1.64. The minimum absolute atomic E-state index is 0.0640. The Morgan fingerprint density at radius 3 is 2.26 bits per heavy atom. The summed E-state index contributed by atoms with van der Waals surface area (Å²) in [7, 11) is 1.77. The molecule has 1 heterocycles. The molecule has 0 N–H and O–H groups in total. The topological polar surface area (TPSA) is 36.9 Å². The van der Waals surface area contributed by atoms with Crippen molar-refractivity contribution in [2.24, 2.45) is 0 Å². The molecule has 0 aliphatic carbocycles. The van der Waals surface area contributed by atoms with Crippen molar-refractivity contribution < 1.29 is 18.6 Å². The molecule has 2 aromatic carbocycles. The summed E-state index contributed by atoms with van der Waals surface area (Å²) in [6, 6.07) is 14.8. The molecule has 0 spiro atoms. The van der Waals surface area contributed by atoms with Gasteiger partial charge in [0.2, 0.25) is 0 Å². The second-order valence-corrected chi connectivity index (χ2v) is 17.6. The highest BCUT2D eigenvalue weighted by molar-refractivity contribution is 7.99. The smallest absolute Gasteiger partial charge is 0.191 e. The molecule has 1 aliphatic rings. The van der Waals surface area contributed by atoms with Crippen LogP contribution in [0.2, 0.25) is 18.1 Å². The molecule has 0 fully saturated rings. The lowest BCUT2D eigenvalue weighted by atomic mass is 9.70. The summed E-state index contributed by atoms with van der Waals surface area (Å²) in [5.74, 6) is 9.71. The van der Waals surface area contributed by atoms with Gasteiger partial charge in [-0.05, 0) is 72.8 Å². The molecule has 1 aliphatic heterocycles. The van der Waals surface area contributed by atoms with E-state index in [-0.39, 0.29) is 16.4 Å². The third kappa shape index (κ3) is 7.60. The zero-order valence-corrected chi connectivity index (χ0v) is 26.4. The normalized spacial score (nSPS) is 19.3. The van der Waals surface area contributed by atoms with Crippen molar-refractivity contribution in [3.05, 3.63) is 53.6 Å². The van der Waals surface area contributed by atoms with Crippen molar-refractivity contribution in [2.75, 3.05) is 39.8 Å². The highest BCUT2D eigenvalue weighted by atomic mass is 32.2. The molecular weight excluding hydrogens is 509 g/mol. The van der Waals surface area contributed by atoms with Crippen LogP contribution in [0.15, 0.2) is 47.4 Å². The van der Waals surface area contributed by atoms with Crippen LogP contribution in [-0.4, -0.2) is 48.1 Å². The summed E-state index contributed by atoms with van der Waals surface area (Å²) in [4.78, 5) is 1.25. The molecule has 0 bridgehead atoms. The van der Waals surface area contributed by atoms with Crippen molar-refractivity contribution in [2.45, 2.75) is 81.3 Å². The number of methoxy groups -OCH3 is 2. The van der Waals surface area contributed by atoms with Crippen LogP contribution >= 0.6 is 11.8 Å². The maximum atomic E-state index is 6.28. The third-order valence-corrected chi connectivity index (χ3v) is 14.0. The van der Waals surface area contributed by atoms with Crippen LogP contribution in [0.3, 0.4) is 0 Å². The summed E-state index contributed by atoms with van der Waals surface area (Å²) in [5, 5.41) is 0.266. The molecule has 4 nitrogen and oxygen atoms in total. The number of benzene rings is 2. The Hall–Kier alpha value is -1.91. The number of hydrogen-bond donors (Lipinski definition) is 0. The summed E-state index contributed by atoms with van der Waals surface area (Å²) >= 11 is 1.88. The van der Waals surface area contributed by atoms with Gasteiger partial charge in [-0.25, -0.2) is 0 Å². The van der Waals surface area contributed by atoms with Gasteiger partial charge in [0.05, 0.1) is 20.1 Å². The average Bonchev–Trinajstić information content (AvgIpc) is 2.89. The summed E-state index contributed by atoms with van der Waals surface area (Å²) in [6.45, 7) is 15.8. The van der Waals surface area contributed by atoms with Gasteiger partial charge in [-0.15, -0.1) is 11.8 Å². The van der Waals surface area contributed by atoms with Crippen molar-refractivity contribution >= 4 is 20.1 Å². The van der Waals surface area contributed by atoms with Crippen LogP contribution in [0.1, 0.15) is 64.0 Å². The Bertz CT molecular complexity index is 1100. The van der Waals surface area contributed by atoms with E-state index in [9.17, 15) is 0 Å². The molecule has 2 aromatic rings. The molecule has 0 radical (unpaired) electrons. The quantitative estimate of drug-likeness (QED) is 0.159. The Morgan fingerprint density at radius 1 is 0.947 bits per heavy atom. The highest BCUT2D eigenvalue weighted by Gasteiger charge is 2.41. The van der Waals surface area contributed by atoms with Crippen LogP contribution < -0.4 is 9.47 Å². The molecule has 2 unspecified atom stereocenters. The monoisotopic (exact) mass is 554 g/mol. The standard InChI is InChI=1S/C32H46O4SSi/c1-31(2,3)38(7,8)36-22-11-9-10-20-35-21-12-13-29-28-19-18-27(34-6)23-30(28)37-24-32(29,4)25-14-16-26(33-5)17-15-25/h14-19,23,29H,9-11,20-22,24H2,1-8H3. The molecule has 3 rings (SSSR count). The van der Waals surface area contributed by atoms with E-state index in [0.29, 0.717) is 6.61 Å². The third-order valence-electron chi connectivity index (χ3n) is 8.07. The second-order valence-electron chi connectivity index (χ2n) is 11.8. The first-order valence-electron chi connectivity index (χ1n) is 13.7.